The Morgan fingerprint density at radius 3 is 2.44 bits per heavy atom. The summed E-state index contributed by atoms with van der Waals surface area (Å²) in [6, 6.07) is 12.7. The molecule has 1 saturated heterocycles. The minimum Gasteiger partial charge on any atom is -0.488 e. The van der Waals surface area contributed by atoms with E-state index in [1.165, 1.54) is 4.90 Å². The number of piperidine rings is 1. The third-order valence-electron chi connectivity index (χ3n) is 7.10. The number of nitrogens with one attached hydrogen (secondary N) is 1. The van der Waals surface area contributed by atoms with Crippen molar-refractivity contribution in [3.05, 3.63) is 70.8 Å². The average molecular weight is 532 g/mol. The number of imide groups is 1. The molecule has 1 unspecified atom stereocenters. The zero-order valence-electron chi connectivity index (χ0n) is 22.5. The molecule has 9 nitrogen and oxygen atoms in total. The Morgan fingerprint density at radius 1 is 1.03 bits per heavy atom. The van der Waals surface area contributed by atoms with Crippen molar-refractivity contribution in [2.45, 2.75) is 64.8 Å². The van der Waals surface area contributed by atoms with Crippen molar-refractivity contribution in [1.29, 1.82) is 0 Å². The number of hydrogen-bond donors (Lipinski definition) is 1. The Balaban J connectivity index is 1.44. The molecule has 1 fully saturated rings. The van der Waals surface area contributed by atoms with Gasteiger partial charge in [-0.25, -0.2) is 4.79 Å². The molecule has 0 radical (unpaired) electrons. The van der Waals surface area contributed by atoms with Crippen LogP contribution in [0, 0.1) is 0 Å². The van der Waals surface area contributed by atoms with Crippen molar-refractivity contribution in [3.8, 4) is 5.75 Å². The Bertz CT molecular complexity index is 1340. The minimum atomic E-state index is -0.704. The molecule has 2 aromatic carbocycles. The lowest BCUT2D eigenvalue weighted by molar-refractivity contribution is -0.136. The molecule has 2 aromatic rings. The Hall–Kier alpha value is -4.14. The van der Waals surface area contributed by atoms with Gasteiger partial charge in [0.1, 0.15) is 24.0 Å². The van der Waals surface area contributed by atoms with Crippen molar-refractivity contribution in [2.75, 3.05) is 13.1 Å². The largest absolute Gasteiger partial charge is 0.488 e. The molecule has 3 heterocycles. The highest BCUT2D eigenvalue weighted by atomic mass is 16.6. The number of fused-ring (bicyclic) bond motifs is 1. The number of ether oxygens (including phenoxy) is 2. The fraction of sp³-hybridized carbons (Fsp3) is 0.400. The van der Waals surface area contributed by atoms with Gasteiger partial charge >= 0.3 is 6.09 Å². The van der Waals surface area contributed by atoms with Crippen molar-refractivity contribution in [2.24, 2.45) is 0 Å². The summed E-state index contributed by atoms with van der Waals surface area (Å²) in [4.78, 5) is 53.4. The molecule has 1 atom stereocenters. The van der Waals surface area contributed by atoms with Crippen molar-refractivity contribution in [3.63, 3.8) is 0 Å². The second-order valence-electron chi connectivity index (χ2n) is 11.0. The first-order chi connectivity index (χ1) is 18.6. The maximum absolute atomic E-state index is 13.4. The highest BCUT2D eigenvalue weighted by Crippen LogP contribution is 2.40. The maximum Gasteiger partial charge on any atom is 0.410 e. The summed E-state index contributed by atoms with van der Waals surface area (Å²) in [6.45, 7) is 6.96. The quantitative estimate of drug-likeness (QED) is 0.584. The highest BCUT2D eigenvalue weighted by Gasteiger charge is 2.41. The Kier molecular flexibility index (Phi) is 7.16. The van der Waals surface area contributed by atoms with E-state index in [1.807, 2.05) is 63.2 Å². The van der Waals surface area contributed by atoms with E-state index in [2.05, 4.69) is 5.32 Å². The van der Waals surface area contributed by atoms with E-state index < -0.39 is 17.6 Å². The summed E-state index contributed by atoms with van der Waals surface area (Å²) >= 11 is 0. The van der Waals surface area contributed by atoms with E-state index in [-0.39, 0.29) is 30.9 Å². The van der Waals surface area contributed by atoms with E-state index in [9.17, 15) is 19.2 Å². The van der Waals surface area contributed by atoms with Gasteiger partial charge < -0.3 is 19.3 Å². The summed E-state index contributed by atoms with van der Waals surface area (Å²) in [6.07, 6.45) is 2.74. The number of rotatable bonds is 5. The molecule has 3 aliphatic rings. The average Bonchev–Trinajstić information content (AvgIpc) is 3.23. The lowest BCUT2D eigenvalue weighted by atomic mass is 9.94. The van der Waals surface area contributed by atoms with Gasteiger partial charge in [-0.05, 0) is 50.8 Å². The number of carbonyl (C=O) groups excluding carboxylic acids is 4. The second kappa shape index (κ2) is 10.6. The molecular formula is C30H33N3O6. The summed E-state index contributed by atoms with van der Waals surface area (Å²) in [7, 11) is 0. The monoisotopic (exact) mass is 531 g/mol. The zero-order chi connectivity index (χ0) is 27.7. The van der Waals surface area contributed by atoms with Gasteiger partial charge in [0.25, 0.3) is 5.91 Å². The lowest BCUT2D eigenvalue weighted by Gasteiger charge is -2.30. The Morgan fingerprint density at radius 2 is 1.77 bits per heavy atom. The molecular weight excluding hydrogens is 498 g/mol. The molecule has 3 aliphatic heterocycles. The van der Waals surface area contributed by atoms with Gasteiger partial charge in [0, 0.05) is 36.2 Å². The van der Waals surface area contributed by atoms with Gasteiger partial charge in [-0.15, -0.1) is 0 Å². The Labute approximate surface area is 227 Å². The first kappa shape index (κ1) is 26.5. The SMILES string of the molecule is CC(C)(C)OC(=O)N1CC=C(c2ccc3c(c2OCc2ccccc2)CN(C2CCC(=O)NC2=O)C3=O)CC1. The molecule has 39 heavy (non-hydrogen) atoms. The fourth-order valence-electron chi connectivity index (χ4n) is 5.17. The van der Waals surface area contributed by atoms with Crippen LogP contribution in [-0.4, -0.2) is 58.3 Å². The van der Waals surface area contributed by atoms with Crippen molar-refractivity contribution >= 4 is 29.4 Å². The molecule has 9 heteroatoms. The molecule has 0 aliphatic carbocycles. The van der Waals surface area contributed by atoms with Crippen LogP contribution < -0.4 is 10.1 Å². The molecule has 0 spiro atoms. The van der Waals surface area contributed by atoms with E-state index in [0.717, 1.165) is 22.3 Å². The molecule has 0 aromatic heterocycles. The summed E-state index contributed by atoms with van der Waals surface area (Å²) in [5.74, 6) is -0.406. The predicted octanol–water partition coefficient (Wildman–Crippen LogP) is 4.05. The third-order valence-corrected chi connectivity index (χ3v) is 7.10. The zero-order valence-corrected chi connectivity index (χ0v) is 22.5. The van der Waals surface area contributed by atoms with Crippen molar-refractivity contribution < 1.29 is 28.7 Å². The third kappa shape index (κ3) is 5.67. The normalized spacial score (nSPS) is 19.4. The molecule has 204 valence electrons. The predicted molar refractivity (Wildman–Crippen MR) is 144 cm³/mol. The van der Waals surface area contributed by atoms with E-state index in [1.54, 1.807) is 11.0 Å². The van der Waals surface area contributed by atoms with Gasteiger partial charge in [0.15, 0.2) is 0 Å². The number of carbonyl (C=O) groups is 4. The first-order valence-electron chi connectivity index (χ1n) is 13.3. The molecule has 1 N–H and O–H groups in total. The standard InChI is InChI=1S/C30H33N3O6/c1-30(2,3)39-29(37)32-15-13-20(14-16-32)21-9-10-22-23(26(21)38-18-19-7-5-4-6-8-19)17-33(28(22)36)24-11-12-25(34)31-27(24)35/h4-10,13,24H,11-12,14-18H2,1-3H3,(H,31,34,35). The summed E-state index contributed by atoms with van der Waals surface area (Å²) in [5, 5.41) is 2.35. The van der Waals surface area contributed by atoms with E-state index in [0.29, 0.717) is 43.9 Å². The van der Waals surface area contributed by atoms with Crippen LogP contribution in [0.25, 0.3) is 5.57 Å². The number of amides is 4. The van der Waals surface area contributed by atoms with Crippen LogP contribution in [-0.2, 0) is 27.5 Å². The van der Waals surface area contributed by atoms with Crippen molar-refractivity contribution in [1.82, 2.24) is 15.1 Å². The van der Waals surface area contributed by atoms with Crippen LogP contribution in [0.4, 0.5) is 4.79 Å². The first-order valence-corrected chi connectivity index (χ1v) is 13.3. The molecule has 0 bridgehead atoms. The highest BCUT2D eigenvalue weighted by molar-refractivity contribution is 6.06. The van der Waals surface area contributed by atoms with Crippen LogP contribution in [0.1, 0.15) is 67.1 Å². The number of benzene rings is 2. The maximum atomic E-state index is 13.4. The molecule has 5 rings (SSSR count). The van der Waals surface area contributed by atoms with E-state index in [4.69, 9.17) is 9.47 Å². The minimum absolute atomic E-state index is 0.195. The van der Waals surface area contributed by atoms with Crippen LogP contribution >= 0.6 is 0 Å². The van der Waals surface area contributed by atoms with Crippen LogP contribution in [0.2, 0.25) is 0 Å². The van der Waals surface area contributed by atoms with Gasteiger partial charge in [0.05, 0.1) is 6.54 Å². The van der Waals surface area contributed by atoms with Crippen LogP contribution in [0.5, 0.6) is 5.75 Å². The summed E-state index contributed by atoms with van der Waals surface area (Å²) in [5.41, 5.74) is 3.53. The number of nitrogens with zero attached hydrogens (tertiary/aromatic N) is 2. The molecule has 0 saturated carbocycles. The van der Waals surface area contributed by atoms with Gasteiger partial charge in [-0.3, -0.25) is 19.7 Å². The second-order valence-corrected chi connectivity index (χ2v) is 11.0. The van der Waals surface area contributed by atoms with Crippen LogP contribution in [0.15, 0.2) is 48.5 Å². The van der Waals surface area contributed by atoms with E-state index >= 15 is 0 Å². The molecule has 4 amide bonds. The fourth-order valence-corrected chi connectivity index (χ4v) is 5.17. The van der Waals surface area contributed by atoms with Crippen LogP contribution in [0.3, 0.4) is 0 Å². The van der Waals surface area contributed by atoms with Gasteiger partial charge in [-0.1, -0.05) is 42.5 Å². The smallest absolute Gasteiger partial charge is 0.410 e. The topological polar surface area (TPSA) is 105 Å². The summed E-state index contributed by atoms with van der Waals surface area (Å²) < 4.78 is 11.9. The number of hydrogen-bond acceptors (Lipinski definition) is 6. The lowest BCUT2D eigenvalue weighted by Crippen LogP contribution is -2.52. The van der Waals surface area contributed by atoms with Gasteiger partial charge in [-0.2, -0.15) is 0 Å². The van der Waals surface area contributed by atoms with Gasteiger partial charge in [0.2, 0.25) is 11.8 Å².